The van der Waals surface area contributed by atoms with Gasteiger partial charge in [0.15, 0.2) is 5.96 Å². The number of nitrogens with zero attached hydrogens (tertiary/aromatic N) is 2. The van der Waals surface area contributed by atoms with Crippen LogP contribution in [-0.4, -0.2) is 45.2 Å². The maximum atomic E-state index is 11.3. The minimum atomic E-state index is -3.65. The molecule has 0 aliphatic carbocycles. The first-order chi connectivity index (χ1) is 13.5. The number of hydrogen-bond donors (Lipinski definition) is 2. The van der Waals surface area contributed by atoms with Crippen LogP contribution in [0.3, 0.4) is 0 Å². The van der Waals surface area contributed by atoms with Crippen molar-refractivity contribution in [2.45, 2.75) is 22.8 Å². The molecule has 1 aliphatic rings. The molecule has 1 heterocycles. The number of guanidine groups is 1. The lowest BCUT2D eigenvalue weighted by Crippen LogP contribution is -2.39. The lowest BCUT2D eigenvalue weighted by atomic mass is 10.2. The average molecular weight is 419 g/mol. The van der Waals surface area contributed by atoms with Crippen LogP contribution < -0.4 is 10.5 Å². The number of thioether (sulfide) groups is 1. The monoisotopic (exact) mass is 418 g/mol. The molecule has 28 heavy (non-hydrogen) atoms. The average Bonchev–Trinajstić information content (AvgIpc) is 3.16. The van der Waals surface area contributed by atoms with Gasteiger partial charge in [0.1, 0.15) is 0 Å². The Labute approximate surface area is 171 Å². The predicted octanol–water partition coefficient (Wildman–Crippen LogP) is 2.52. The van der Waals surface area contributed by atoms with E-state index < -0.39 is 10.0 Å². The Hall–Kier alpha value is -2.03. The zero-order chi connectivity index (χ0) is 20.0. The summed E-state index contributed by atoms with van der Waals surface area (Å²) in [7, 11) is -1.86. The van der Waals surface area contributed by atoms with Crippen molar-refractivity contribution in [3.05, 3.63) is 60.2 Å². The minimum Gasteiger partial charge on any atom is -0.352 e. The number of nitrogens with two attached hydrogens (primary N) is 1. The van der Waals surface area contributed by atoms with Gasteiger partial charge in [0.05, 0.1) is 4.90 Å². The van der Waals surface area contributed by atoms with E-state index in [-0.39, 0.29) is 4.90 Å². The predicted molar refractivity (Wildman–Crippen MR) is 115 cm³/mol. The maximum absolute atomic E-state index is 11.3. The van der Waals surface area contributed by atoms with E-state index >= 15 is 0 Å². The molecule has 0 amide bonds. The van der Waals surface area contributed by atoms with Gasteiger partial charge in [-0.05, 0) is 42.2 Å². The standard InChI is InChI=1S/C20H26N4O2S2/c1-22-20(23-13-16-7-9-19(10-8-16)28(21,25)26)24-12-11-17(14-24)15-27-18-5-3-2-4-6-18/h2-10,17H,11-15H2,1H3,(H,22,23)(H2,21,25,26). The fourth-order valence-electron chi connectivity index (χ4n) is 3.20. The second kappa shape index (κ2) is 9.45. The van der Waals surface area contributed by atoms with E-state index in [4.69, 9.17) is 5.14 Å². The van der Waals surface area contributed by atoms with Gasteiger partial charge in [-0.1, -0.05) is 30.3 Å². The summed E-state index contributed by atoms with van der Waals surface area (Å²) in [4.78, 5) is 8.13. The summed E-state index contributed by atoms with van der Waals surface area (Å²) >= 11 is 1.91. The maximum Gasteiger partial charge on any atom is 0.238 e. The van der Waals surface area contributed by atoms with Crippen molar-refractivity contribution in [2.75, 3.05) is 25.9 Å². The molecule has 3 N–H and O–H groups in total. The van der Waals surface area contributed by atoms with E-state index in [0.717, 1.165) is 36.8 Å². The van der Waals surface area contributed by atoms with Crippen molar-refractivity contribution < 1.29 is 8.42 Å². The first-order valence-electron chi connectivity index (χ1n) is 9.21. The summed E-state index contributed by atoms with van der Waals surface area (Å²) in [6.07, 6.45) is 1.16. The summed E-state index contributed by atoms with van der Waals surface area (Å²) in [5, 5.41) is 8.51. The zero-order valence-corrected chi connectivity index (χ0v) is 17.5. The van der Waals surface area contributed by atoms with Crippen LogP contribution in [0.25, 0.3) is 0 Å². The van der Waals surface area contributed by atoms with E-state index in [1.165, 1.54) is 17.0 Å². The molecule has 0 saturated carbocycles. The molecular formula is C20H26N4O2S2. The van der Waals surface area contributed by atoms with E-state index in [1.807, 2.05) is 17.8 Å². The van der Waals surface area contributed by atoms with Crippen molar-refractivity contribution in [3.63, 3.8) is 0 Å². The first kappa shape index (κ1) is 20.7. The van der Waals surface area contributed by atoms with Gasteiger partial charge in [0.2, 0.25) is 10.0 Å². The van der Waals surface area contributed by atoms with Gasteiger partial charge in [-0.2, -0.15) is 0 Å². The highest BCUT2D eigenvalue weighted by atomic mass is 32.2. The third-order valence-electron chi connectivity index (χ3n) is 4.73. The summed E-state index contributed by atoms with van der Waals surface area (Å²) in [6, 6.07) is 17.1. The minimum absolute atomic E-state index is 0.124. The van der Waals surface area contributed by atoms with Gasteiger partial charge in [0.25, 0.3) is 0 Å². The Kier molecular flexibility index (Phi) is 6.98. The number of rotatable bonds is 6. The van der Waals surface area contributed by atoms with Crippen molar-refractivity contribution in [3.8, 4) is 0 Å². The Morgan fingerprint density at radius 1 is 1.21 bits per heavy atom. The number of aliphatic imine (C=N–C) groups is 1. The highest BCUT2D eigenvalue weighted by molar-refractivity contribution is 7.99. The van der Waals surface area contributed by atoms with Crippen molar-refractivity contribution in [1.82, 2.24) is 10.2 Å². The van der Waals surface area contributed by atoms with Gasteiger partial charge in [0, 0.05) is 37.3 Å². The summed E-state index contributed by atoms with van der Waals surface area (Å²) in [6.45, 7) is 2.56. The van der Waals surface area contributed by atoms with Gasteiger partial charge < -0.3 is 10.2 Å². The zero-order valence-electron chi connectivity index (χ0n) is 15.9. The van der Waals surface area contributed by atoms with Crippen LogP contribution in [0.1, 0.15) is 12.0 Å². The van der Waals surface area contributed by atoms with Crippen molar-refractivity contribution in [2.24, 2.45) is 16.0 Å². The largest absolute Gasteiger partial charge is 0.352 e. The molecule has 3 rings (SSSR count). The second-order valence-corrected chi connectivity index (χ2v) is 9.47. The van der Waals surface area contributed by atoms with Gasteiger partial charge in [-0.3, -0.25) is 4.99 Å². The third kappa shape index (κ3) is 5.73. The van der Waals surface area contributed by atoms with E-state index in [2.05, 4.69) is 39.5 Å². The van der Waals surface area contributed by atoms with E-state index in [0.29, 0.717) is 12.5 Å². The topological polar surface area (TPSA) is 87.8 Å². The first-order valence-corrected chi connectivity index (χ1v) is 11.7. The molecule has 1 aliphatic heterocycles. The van der Waals surface area contributed by atoms with E-state index in [1.54, 1.807) is 19.2 Å². The van der Waals surface area contributed by atoms with Gasteiger partial charge >= 0.3 is 0 Å². The highest BCUT2D eigenvalue weighted by Crippen LogP contribution is 2.25. The summed E-state index contributed by atoms with van der Waals surface area (Å²) in [5.74, 6) is 2.62. The van der Waals surface area contributed by atoms with Crippen LogP contribution in [0.4, 0.5) is 0 Å². The Bertz CT molecular complexity index is 900. The van der Waals surface area contributed by atoms with Crippen LogP contribution in [-0.2, 0) is 16.6 Å². The molecule has 0 radical (unpaired) electrons. The number of benzene rings is 2. The number of nitrogens with one attached hydrogen (secondary N) is 1. The Balaban J connectivity index is 1.49. The fourth-order valence-corrected chi connectivity index (χ4v) is 4.77. The summed E-state index contributed by atoms with van der Waals surface area (Å²) in [5.41, 5.74) is 0.976. The van der Waals surface area contributed by atoms with Crippen molar-refractivity contribution in [1.29, 1.82) is 0 Å². The van der Waals surface area contributed by atoms with Crippen LogP contribution in [0.5, 0.6) is 0 Å². The van der Waals surface area contributed by atoms with Gasteiger partial charge in [-0.15, -0.1) is 11.8 Å². The van der Waals surface area contributed by atoms with Crippen molar-refractivity contribution >= 4 is 27.7 Å². The van der Waals surface area contributed by atoms with Gasteiger partial charge in [-0.25, -0.2) is 13.6 Å². The Morgan fingerprint density at radius 2 is 1.93 bits per heavy atom. The molecule has 150 valence electrons. The molecule has 2 aromatic carbocycles. The molecule has 0 spiro atoms. The fraction of sp³-hybridized carbons (Fsp3) is 0.350. The van der Waals surface area contributed by atoms with E-state index in [9.17, 15) is 8.42 Å². The third-order valence-corrected chi connectivity index (χ3v) is 6.90. The lowest BCUT2D eigenvalue weighted by Gasteiger charge is -2.22. The second-order valence-electron chi connectivity index (χ2n) is 6.81. The molecule has 0 aromatic heterocycles. The smallest absolute Gasteiger partial charge is 0.238 e. The molecule has 2 aromatic rings. The molecular weight excluding hydrogens is 392 g/mol. The highest BCUT2D eigenvalue weighted by Gasteiger charge is 2.24. The SMILES string of the molecule is CN=C(NCc1ccc(S(N)(=O)=O)cc1)N1CCC(CSc2ccccc2)C1. The summed E-state index contributed by atoms with van der Waals surface area (Å²) < 4.78 is 22.7. The number of hydrogen-bond acceptors (Lipinski definition) is 4. The van der Waals surface area contributed by atoms with Crippen LogP contribution >= 0.6 is 11.8 Å². The molecule has 8 heteroatoms. The number of primary sulfonamides is 1. The van der Waals surface area contributed by atoms with Crippen LogP contribution in [0.2, 0.25) is 0 Å². The molecule has 1 fully saturated rings. The normalized spacial score (nSPS) is 17.7. The number of sulfonamides is 1. The quantitative estimate of drug-likeness (QED) is 0.428. The molecule has 0 bridgehead atoms. The molecule has 1 unspecified atom stereocenters. The molecule has 1 saturated heterocycles. The van der Waals surface area contributed by atoms with Crippen LogP contribution in [0, 0.1) is 5.92 Å². The molecule has 1 atom stereocenters. The van der Waals surface area contributed by atoms with Crippen LogP contribution in [0.15, 0.2) is 69.4 Å². The number of likely N-dealkylation sites (tertiary alicyclic amines) is 1. The molecule has 6 nitrogen and oxygen atoms in total. The Morgan fingerprint density at radius 3 is 2.57 bits per heavy atom. The lowest BCUT2D eigenvalue weighted by molar-refractivity contribution is 0.474.